The molecule has 1 aliphatic heterocycles. The second kappa shape index (κ2) is 13.5. The highest BCUT2D eigenvalue weighted by Gasteiger charge is 2.48. The lowest BCUT2D eigenvalue weighted by Crippen LogP contribution is -2.72. The molecule has 1 aromatic heterocycles. The van der Waals surface area contributed by atoms with Crippen molar-refractivity contribution in [1.29, 1.82) is 0 Å². The van der Waals surface area contributed by atoms with Gasteiger partial charge in [-0.15, -0.1) is 0 Å². The van der Waals surface area contributed by atoms with Gasteiger partial charge in [0.05, 0.1) is 0 Å². The third-order valence-electron chi connectivity index (χ3n) is 11.6. The second-order valence-electron chi connectivity index (χ2n) is 14.7. The Morgan fingerprint density at radius 2 is 0.684 bits per heavy atom. The number of benzene rings is 9. The van der Waals surface area contributed by atoms with Gasteiger partial charge in [0, 0.05) is 16.7 Å². The Bertz CT molecular complexity index is 2960. The molecule has 0 N–H and O–H groups in total. The summed E-state index contributed by atoms with van der Waals surface area (Å²) in [7, 11) is -2.69. The topological polar surface area (TPSA) is 38.7 Å². The van der Waals surface area contributed by atoms with E-state index in [0.29, 0.717) is 17.5 Å². The number of hydrogen-bond donors (Lipinski definition) is 0. The Balaban J connectivity index is 1.20. The standard InChI is InChI=1S/C53H35N3Si/c1-5-19-36(20-6-1)51-54-52(37-21-7-2-8-22-37)56-53(55-51)50-45-30-15-13-28-43(45)49(44-29-14-16-31-46(44)50)38-33-34-42-41-27-17-18-32-47(41)57(48(42)35-38,39-23-9-3-10-24-39)40-25-11-4-12-26-40/h1-35H. The summed E-state index contributed by atoms with van der Waals surface area (Å²) in [5.41, 5.74) is 7.99. The maximum Gasteiger partial charge on any atom is 0.180 e. The SMILES string of the molecule is c1ccc(-c2nc(-c3ccccc3)nc(-c3c4ccccc4c(-c4ccc5c(c4)[Si](c4ccccc4)(c4ccccc4)c4ccccc4-5)c4ccccc34)n2)cc1. The Labute approximate surface area is 332 Å². The molecule has 0 amide bonds. The van der Waals surface area contributed by atoms with E-state index in [2.05, 4.69) is 176 Å². The second-order valence-corrected chi connectivity index (χ2v) is 18.4. The zero-order chi connectivity index (χ0) is 37.8. The zero-order valence-corrected chi connectivity index (χ0v) is 32.0. The van der Waals surface area contributed by atoms with Crippen molar-refractivity contribution in [2.75, 3.05) is 0 Å². The summed E-state index contributed by atoms with van der Waals surface area (Å²) in [6.07, 6.45) is 0. The third kappa shape index (κ3) is 5.22. The van der Waals surface area contributed by atoms with Crippen molar-refractivity contribution in [1.82, 2.24) is 15.0 Å². The number of rotatable bonds is 6. The first kappa shape index (κ1) is 33.1. The van der Waals surface area contributed by atoms with Gasteiger partial charge < -0.3 is 0 Å². The normalized spacial score (nSPS) is 12.7. The maximum atomic E-state index is 5.24. The van der Waals surface area contributed by atoms with Gasteiger partial charge >= 0.3 is 0 Å². The molecule has 11 rings (SSSR count). The monoisotopic (exact) mass is 741 g/mol. The number of aromatic nitrogens is 3. The molecule has 0 atom stereocenters. The summed E-state index contributed by atoms with van der Waals surface area (Å²) in [5, 5.41) is 10.2. The highest BCUT2D eigenvalue weighted by molar-refractivity contribution is 7.22. The van der Waals surface area contributed by atoms with Crippen LogP contribution in [-0.2, 0) is 0 Å². The van der Waals surface area contributed by atoms with Crippen molar-refractivity contribution in [3.05, 3.63) is 212 Å². The lowest BCUT2D eigenvalue weighted by molar-refractivity contribution is 1.08. The van der Waals surface area contributed by atoms with Crippen LogP contribution in [0.25, 0.3) is 78.0 Å². The quantitative estimate of drug-likeness (QED) is 0.126. The lowest BCUT2D eigenvalue weighted by atomic mass is 9.87. The molecule has 9 aromatic carbocycles. The number of hydrogen-bond acceptors (Lipinski definition) is 3. The largest absolute Gasteiger partial charge is 0.208 e. The zero-order valence-electron chi connectivity index (χ0n) is 31.0. The van der Waals surface area contributed by atoms with Gasteiger partial charge in [-0.3, -0.25) is 0 Å². The molecule has 0 spiro atoms. The molecule has 10 aromatic rings. The van der Waals surface area contributed by atoms with Crippen molar-refractivity contribution < 1.29 is 0 Å². The van der Waals surface area contributed by atoms with Crippen LogP contribution >= 0.6 is 0 Å². The summed E-state index contributed by atoms with van der Waals surface area (Å²) < 4.78 is 0. The van der Waals surface area contributed by atoms with Crippen LogP contribution in [0.5, 0.6) is 0 Å². The van der Waals surface area contributed by atoms with E-state index in [-0.39, 0.29) is 0 Å². The van der Waals surface area contributed by atoms with E-state index >= 15 is 0 Å². The van der Waals surface area contributed by atoms with Crippen LogP contribution in [0.3, 0.4) is 0 Å². The molecule has 3 nitrogen and oxygen atoms in total. The van der Waals surface area contributed by atoms with E-state index in [1.54, 1.807) is 0 Å². The molecule has 4 heteroatoms. The summed E-state index contributed by atoms with van der Waals surface area (Å²) >= 11 is 0. The first-order valence-corrected chi connectivity index (χ1v) is 21.5. The minimum Gasteiger partial charge on any atom is -0.208 e. The van der Waals surface area contributed by atoms with E-state index in [4.69, 9.17) is 15.0 Å². The van der Waals surface area contributed by atoms with Crippen molar-refractivity contribution in [3.63, 3.8) is 0 Å². The van der Waals surface area contributed by atoms with Crippen molar-refractivity contribution in [3.8, 4) is 56.4 Å². The molecular formula is C53H35N3Si. The van der Waals surface area contributed by atoms with Gasteiger partial charge in [-0.25, -0.2) is 15.0 Å². The van der Waals surface area contributed by atoms with Gasteiger partial charge in [0.25, 0.3) is 0 Å². The predicted molar refractivity (Wildman–Crippen MR) is 239 cm³/mol. The molecule has 0 fully saturated rings. The van der Waals surface area contributed by atoms with Crippen molar-refractivity contribution >= 4 is 50.4 Å². The molecule has 0 radical (unpaired) electrons. The van der Waals surface area contributed by atoms with Gasteiger partial charge in [0.2, 0.25) is 0 Å². The molecule has 0 aliphatic carbocycles. The van der Waals surface area contributed by atoms with Crippen molar-refractivity contribution in [2.45, 2.75) is 0 Å². The molecule has 1 aliphatic rings. The van der Waals surface area contributed by atoms with Crippen LogP contribution in [-0.4, -0.2) is 23.0 Å². The Kier molecular flexibility index (Phi) is 7.83. The summed E-state index contributed by atoms with van der Waals surface area (Å²) in [6.45, 7) is 0. The van der Waals surface area contributed by atoms with E-state index in [1.807, 2.05) is 36.4 Å². The molecular weight excluding hydrogens is 707 g/mol. The molecule has 0 unspecified atom stereocenters. The number of fused-ring (bicyclic) bond motifs is 5. The van der Waals surface area contributed by atoms with E-state index in [0.717, 1.165) is 38.2 Å². The van der Waals surface area contributed by atoms with Crippen LogP contribution in [0.15, 0.2) is 212 Å². The highest BCUT2D eigenvalue weighted by Crippen LogP contribution is 2.44. The summed E-state index contributed by atoms with van der Waals surface area (Å²) in [6, 6.07) is 76.7. The van der Waals surface area contributed by atoms with Gasteiger partial charge in [-0.1, -0.05) is 212 Å². The van der Waals surface area contributed by atoms with E-state index < -0.39 is 8.07 Å². The smallest absolute Gasteiger partial charge is 0.180 e. The van der Waals surface area contributed by atoms with Crippen LogP contribution in [0.1, 0.15) is 0 Å². The molecule has 0 bridgehead atoms. The fourth-order valence-electron chi connectivity index (χ4n) is 9.20. The summed E-state index contributed by atoms with van der Waals surface area (Å²) in [4.78, 5) is 15.5. The molecule has 0 saturated heterocycles. The number of nitrogens with zero attached hydrogens (tertiary/aromatic N) is 3. The lowest BCUT2D eigenvalue weighted by Gasteiger charge is -2.31. The molecule has 57 heavy (non-hydrogen) atoms. The maximum absolute atomic E-state index is 5.24. The third-order valence-corrected chi connectivity index (χ3v) is 16.5. The minimum atomic E-state index is -2.69. The van der Waals surface area contributed by atoms with Gasteiger partial charge in [-0.05, 0) is 64.5 Å². The average Bonchev–Trinajstić information content (AvgIpc) is 3.59. The fourth-order valence-corrected chi connectivity index (χ4v) is 14.4. The molecule has 2 heterocycles. The first-order chi connectivity index (χ1) is 28.3. The Morgan fingerprint density at radius 3 is 1.21 bits per heavy atom. The van der Waals surface area contributed by atoms with Crippen LogP contribution < -0.4 is 20.7 Å². The molecule has 0 saturated carbocycles. The Morgan fingerprint density at radius 1 is 0.281 bits per heavy atom. The van der Waals surface area contributed by atoms with Gasteiger partial charge in [-0.2, -0.15) is 0 Å². The van der Waals surface area contributed by atoms with Crippen LogP contribution in [0.4, 0.5) is 0 Å². The van der Waals surface area contributed by atoms with E-state index in [1.165, 1.54) is 43.0 Å². The highest BCUT2D eigenvalue weighted by atomic mass is 28.3. The van der Waals surface area contributed by atoms with Crippen LogP contribution in [0.2, 0.25) is 0 Å². The minimum absolute atomic E-state index is 0.651. The van der Waals surface area contributed by atoms with E-state index in [9.17, 15) is 0 Å². The Hall–Kier alpha value is -7.27. The average molecular weight is 742 g/mol. The van der Waals surface area contributed by atoms with Gasteiger partial charge in [0.15, 0.2) is 25.5 Å². The fraction of sp³-hybridized carbons (Fsp3) is 0. The van der Waals surface area contributed by atoms with Gasteiger partial charge in [0.1, 0.15) is 0 Å². The molecule has 266 valence electrons. The van der Waals surface area contributed by atoms with Crippen LogP contribution in [0, 0.1) is 0 Å². The first-order valence-electron chi connectivity index (χ1n) is 19.5. The predicted octanol–water partition coefficient (Wildman–Crippen LogP) is 10.2. The van der Waals surface area contributed by atoms with Crippen molar-refractivity contribution in [2.24, 2.45) is 0 Å². The summed E-state index contributed by atoms with van der Waals surface area (Å²) in [5.74, 6) is 1.96.